The summed E-state index contributed by atoms with van der Waals surface area (Å²) < 4.78 is 7.64. The van der Waals surface area contributed by atoms with Gasteiger partial charge in [-0.15, -0.1) is 28.1 Å². The number of anilines is 1. The van der Waals surface area contributed by atoms with Gasteiger partial charge in [0.15, 0.2) is 16.1 Å². The van der Waals surface area contributed by atoms with Crippen LogP contribution in [0.1, 0.15) is 16.3 Å². The maximum atomic E-state index is 12.5. The number of amides is 1. The van der Waals surface area contributed by atoms with Crippen molar-refractivity contribution in [3.05, 3.63) is 92.6 Å². The summed E-state index contributed by atoms with van der Waals surface area (Å²) in [7, 11) is 0. The number of hydrogen-bond donors (Lipinski definition) is 1. The molecular formula is C24H20Cl3N5O2S2. The predicted molar refractivity (Wildman–Crippen MR) is 147 cm³/mol. The second-order valence-electron chi connectivity index (χ2n) is 7.43. The number of benzene rings is 2. The Balaban J connectivity index is 1.31. The summed E-state index contributed by atoms with van der Waals surface area (Å²) in [4.78, 5) is 17.8. The molecule has 186 valence electrons. The highest BCUT2D eigenvalue weighted by atomic mass is 35.5. The van der Waals surface area contributed by atoms with E-state index in [0.717, 1.165) is 10.4 Å². The summed E-state index contributed by atoms with van der Waals surface area (Å²) in [6, 6.07) is 12.6. The zero-order valence-corrected chi connectivity index (χ0v) is 22.7. The first-order chi connectivity index (χ1) is 17.4. The van der Waals surface area contributed by atoms with Crippen molar-refractivity contribution in [2.24, 2.45) is 0 Å². The van der Waals surface area contributed by atoms with E-state index in [1.807, 2.05) is 16.7 Å². The lowest BCUT2D eigenvalue weighted by Gasteiger charge is -2.09. The highest BCUT2D eigenvalue weighted by Crippen LogP contribution is 2.27. The van der Waals surface area contributed by atoms with Crippen LogP contribution in [-0.4, -0.2) is 31.4 Å². The Bertz CT molecular complexity index is 1360. The van der Waals surface area contributed by atoms with Crippen LogP contribution in [0.15, 0.2) is 66.5 Å². The molecule has 2 aromatic heterocycles. The number of allylic oxidation sites excluding steroid dienone is 1. The topological polar surface area (TPSA) is 81.9 Å². The van der Waals surface area contributed by atoms with Gasteiger partial charge in [-0.2, -0.15) is 0 Å². The molecule has 2 aromatic carbocycles. The molecular weight excluding hydrogens is 561 g/mol. The summed E-state index contributed by atoms with van der Waals surface area (Å²) in [5.74, 6) is 1.25. The first kappa shape index (κ1) is 26.5. The molecule has 2 heterocycles. The quantitative estimate of drug-likeness (QED) is 0.156. The van der Waals surface area contributed by atoms with Gasteiger partial charge < -0.3 is 10.1 Å². The van der Waals surface area contributed by atoms with Crippen LogP contribution < -0.4 is 10.1 Å². The second kappa shape index (κ2) is 12.6. The molecule has 0 aliphatic rings. The number of hydrogen-bond acceptors (Lipinski definition) is 7. The Hall–Kier alpha value is -2.56. The van der Waals surface area contributed by atoms with Gasteiger partial charge in [-0.05, 0) is 42.0 Å². The third kappa shape index (κ3) is 7.24. The van der Waals surface area contributed by atoms with Gasteiger partial charge in [-0.25, -0.2) is 4.98 Å². The molecule has 1 amide bonds. The minimum Gasteiger partial charge on any atom is -0.486 e. The Morgan fingerprint density at radius 3 is 2.69 bits per heavy atom. The van der Waals surface area contributed by atoms with E-state index >= 15 is 0 Å². The molecule has 12 heteroatoms. The van der Waals surface area contributed by atoms with E-state index < -0.39 is 0 Å². The third-order valence-electron chi connectivity index (χ3n) is 4.78. The van der Waals surface area contributed by atoms with Crippen LogP contribution in [-0.2, 0) is 24.4 Å². The fraction of sp³-hybridized carbons (Fsp3) is 0.167. The van der Waals surface area contributed by atoms with E-state index in [1.54, 1.807) is 42.6 Å². The first-order valence-corrected chi connectivity index (χ1v) is 13.6. The molecule has 0 bridgehead atoms. The van der Waals surface area contributed by atoms with Crippen LogP contribution >= 0.6 is 57.9 Å². The number of carbonyl (C=O) groups excluding carboxylic acids is 1. The number of aromatic nitrogens is 4. The van der Waals surface area contributed by atoms with Gasteiger partial charge in [0.05, 0.1) is 15.8 Å². The Morgan fingerprint density at radius 2 is 1.94 bits per heavy atom. The monoisotopic (exact) mass is 579 g/mol. The van der Waals surface area contributed by atoms with Gasteiger partial charge in [0.1, 0.15) is 12.4 Å². The Kier molecular flexibility index (Phi) is 9.28. The fourth-order valence-corrected chi connectivity index (χ4v) is 5.18. The van der Waals surface area contributed by atoms with Gasteiger partial charge in [0.25, 0.3) is 0 Å². The molecule has 4 aromatic rings. The lowest BCUT2D eigenvalue weighted by molar-refractivity contribution is -0.113. The Labute approximate surface area is 231 Å². The predicted octanol–water partition coefficient (Wildman–Crippen LogP) is 6.78. The van der Waals surface area contributed by atoms with Gasteiger partial charge >= 0.3 is 0 Å². The second-order valence-corrected chi connectivity index (χ2v) is 10.7. The van der Waals surface area contributed by atoms with Crippen LogP contribution in [0.4, 0.5) is 5.13 Å². The van der Waals surface area contributed by atoms with Crippen molar-refractivity contribution < 1.29 is 9.53 Å². The van der Waals surface area contributed by atoms with E-state index in [-0.39, 0.29) is 18.3 Å². The average Bonchev–Trinajstić information content (AvgIpc) is 3.46. The highest BCUT2D eigenvalue weighted by molar-refractivity contribution is 7.99. The van der Waals surface area contributed by atoms with E-state index in [1.165, 1.54) is 23.1 Å². The summed E-state index contributed by atoms with van der Waals surface area (Å²) in [5, 5.41) is 14.1. The standard InChI is InChI=1S/C24H20Cl3N5O2S2/c1-2-9-32-21(13-34-17-6-4-16(25)5-7-17)30-31-24(32)35-14-22(33)29-23-28-12-18(36-23)10-15-3-8-19(26)20(27)11-15/h2-8,11-12H,1,9-10,13-14H2,(H,28,29,33). The minimum atomic E-state index is -0.192. The molecule has 0 fully saturated rings. The SMILES string of the molecule is C=CCn1c(COc2ccc(Cl)cc2)nnc1SCC(=O)Nc1ncc(Cc2ccc(Cl)c(Cl)c2)s1. The summed E-state index contributed by atoms with van der Waals surface area (Å²) in [6.07, 6.45) is 4.12. The van der Waals surface area contributed by atoms with Gasteiger partial charge in [0, 0.05) is 29.1 Å². The number of carbonyl (C=O) groups is 1. The Morgan fingerprint density at radius 1 is 1.14 bits per heavy atom. The molecule has 0 radical (unpaired) electrons. The molecule has 0 unspecified atom stereocenters. The molecule has 0 spiro atoms. The average molecular weight is 581 g/mol. The number of nitrogens with zero attached hydrogens (tertiary/aromatic N) is 4. The maximum Gasteiger partial charge on any atom is 0.236 e. The van der Waals surface area contributed by atoms with Crippen LogP contribution in [0.25, 0.3) is 0 Å². The largest absolute Gasteiger partial charge is 0.486 e. The van der Waals surface area contributed by atoms with Crippen molar-refractivity contribution in [1.82, 2.24) is 19.7 Å². The highest BCUT2D eigenvalue weighted by Gasteiger charge is 2.15. The zero-order chi connectivity index (χ0) is 25.5. The van der Waals surface area contributed by atoms with Crippen molar-refractivity contribution in [3.8, 4) is 5.75 Å². The van der Waals surface area contributed by atoms with Crippen LogP contribution in [0.3, 0.4) is 0 Å². The molecule has 0 aliphatic carbocycles. The van der Waals surface area contributed by atoms with Gasteiger partial charge in [-0.1, -0.05) is 58.7 Å². The van der Waals surface area contributed by atoms with Crippen molar-refractivity contribution in [3.63, 3.8) is 0 Å². The maximum absolute atomic E-state index is 12.5. The number of thiazole rings is 1. The number of nitrogens with one attached hydrogen (secondary N) is 1. The van der Waals surface area contributed by atoms with Gasteiger partial charge in [-0.3, -0.25) is 9.36 Å². The lowest BCUT2D eigenvalue weighted by Crippen LogP contribution is -2.14. The number of ether oxygens (including phenoxy) is 1. The minimum absolute atomic E-state index is 0.148. The van der Waals surface area contributed by atoms with E-state index in [9.17, 15) is 4.79 Å². The third-order valence-corrected chi connectivity index (χ3v) is 7.65. The van der Waals surface area contributed by atoms with E-state index in [4.69, 9.17) is 39.5 Å². The molecule has 0 atom stereocenters. The van der Waals surface area contributed by atoms with Crippen LogP contribution in [0.5, 0.6) is 5.75 Å². The van der Waals surface area contributed by atoms with Crippen LogP contribution in [0.2, 0.25) is 15.1 Å². The molecule has 1 N–H and O–H groups in total. The summed E-state index contributed by atoms with van der Waals surface area (Å²) in [6.45, 7) is 4.50. The van der Waals surface area contributed by atoms with Crippen LogP contribution in [0, 0.1) is 0 Å². The van der Waals surface area contributed by atoms with Crippen molar-refractivity contribution in [1.29, 1.82) is 0 Å². The van der Waals surface area contributed by atoms with Gasteiger partial charge in [0.2, 0.25) is 5.91 Å². The van der Waals surface area contributed by atoms with Crippen molar-refractivity contribution in [2.45, 2.75) is 24.7 Å². The normalized spacial score (nSPS) is 10.9. The lowest BCUT2D eigenvalue weighted by atomic mass is 10.1. The molecule has 0 aliphatic heterocycles. The van der Waals surface area contributed by atoms with Crippen molar-refractivity contribution >= 4 is 68.9 Å². The summed E-state index contributed by atoms with van der Waals surface area (Å²) >= 11 is 20.7. The smallest absolute Gasteiger partial charge is 0.236 e. The molecule has 0 saturated heterocycles. The molecule has 0 saturated carbocycles. The number of rotatable bonds is 11. The number of halogens is 3. The molecule has 36 heavy (non-hydrogen) atoms. The first-order valence-electron chi connectivity index (χ1n) is 10.6. The zero-order valence-electron chi connectivity index (χ0n) is 18.8. The molecule has 4 rings (SSSR count). The fourth-order valence-electron chi connectivity index (χ4n) is 3.11. The molecule has 7 nitrogen and oxygen atoms in total. The van der Waals surface area contributed by atoms with E-state index in [0.29, 0.717) is 49.9 Å². The van der Waals surface area contributed by atoms with E-state index in [2.05, 4.69) is 27.1 Å². The van der Waals surface area contributed by atoms with Crippen molar-refractivity contribution in [2.75, 3.05) is 11.1 Å². The summed E-state index contributed by atoms with van der Waals surface area (Å²) in [5.41, 5.74) is 1.01. The number of thioether (sulfide) groups is 1.